The van der Waals surface area contributed by atoms with Gasteiger partial charge in [0.25, 0.3) is 0 Å². The summed E-state index contributed by atoms with van der Waals surface area (Å²) >= 11 is 0. The molecule has 1 aliphatic heterocycles. The molecule has 0 unspecified atom stereocenters. The third-order valence-electron chi connectivity index (χ3n) is 4.89. The number of ether oxygens (including phenoxy) is 1. The molecule has 2 amide bonds. The van der Waals surface area contributed by atoms with Crippen LogP contribution in [0.2, 0.25) is 0 Å². The van der Waals surface area contributed by atoms with E-state index in [9.17, 15) is 14.0 Å². The molecule has 0 aliphatic carbocycles. The lowest BCUT2D eigenvalue weighted by Crippen LogP contribution is -2.45. The zero-order chi connectivity index (χ0) is 20.7. The number of piperidine rings is 1. The van der Waals surface area contributed by atoms with E-state index >= 15 is 0 Å². The standard InChI is InChI=1S/C21H32FN3O3/c1-21(2,3)20(27)23-10-7-19(26)24-16-8-11-25(12-9-16)14-15-5-6-18(28-4)17(22)13-15/h5-6,13,16H,7-12,14H2,1-4H3,(H,23,27)(H,24,26). The van der Waals surface area contributed by atoms with Gasteiger partial charge in [0.2, 0.25) is 11.8 Å². The SMILES string of the molecule is COc1ccc(CN2CCC(NC(=O)CCNC(=O)C(C)(C)C)CC2)cc1F. The molecule has 2 rings (SSSR count). The molecular weight excluding hydrogens is 361 g/mol. The lowest BCUT2D eigenvalue weighted by molar-refractivity contribution is -0.128. The van der Waals surface area contributed by atoms with E-state index in [-0.39, 0.29) is 35.8 Å². The fourth-order valence-electron chi connectivity index (χ4n) is 3.16. The van der Waals surface area contributed by atoms with Crippen molar-refractivity contribution in [3.63, 3.8) is 0 Å². The van der Waals surface area contributed by atoms with E-state index in [4.69, 9.17) is 4.74 Å². The minimum atomic E-state index is -0.448. The molecule has 0 aromatic heterocycles. The number of carbonyl (C=O) groups excluding carboxylic acids is 2. The van der Waals surface area contributed by atoms with Crippen LogP contribution in [0.4, 0.5) is 4.39 Å². The number of rotatable bonds is 7. The molecule has 0 radical (unpaired) electrons. The first-order valence-electron chi connectivity index (χ1n) is 9.81. The maximum Gasteiger partial charge on any atom is 0.225 e. The molecule has 1 heterocycles. The van der Waals surface area contributed by atoms with Crippen LogP contribution in [0.15, 0.2) is 18.2 Å². The number of likely N-dealkylation sites (tertiary alicyclic amines) is 1. The number of halogens is 1. The Morgan fingerprint density at radius 1 is 1.25 bits per heavy atom. The van der Waals surface area contributed by atoms with Crippen molar-refractivity contribution in [2.45, 2.75) is 52.6 Å². The molecule has 1 aromatic carbocycles. The van der Waals surface area contributed by atoms with E-state index in [0.717, 1.165) is 31.5 Å². The normalized spacial score (nSPS) is 15.9. The number of hydrogen-bond acceptors (Lipinski definition) is 4. The highest BCUT2D eigenvalue weighted by atomic mass is 19.1. The number of carbonyl (C=O) groups is 2. The Morgan fingerprint density at radius 2 is 1.93 bits per heavy atom. The fourth-order valence-corrected chi connectivity index (χ4v) is 3.16. The van der Waals surface area contributed by atoms with Crippen molar-refractivity contribution in [3.8, 4) is 5.75 Å². The Bertz CT molecular complexity index is 680. The van der Waals surface area contributed by atoms with Crippen molar-refractivity contribution in [2.75, 3.05) is 26.7 Å². The van der Waals surface area contributed by atoms with Gasteiger partial charge in [0.15, 0.2) is 11.6 Å². The van der Waals surface area contributed by atoms with Gasteiger partial charge in [-0.05, 0) is 30.5 Å². The highest BCUT2D eigenvalue weighted by molar-refractivity contribution is 5.82. The molecule has 1 fully saturated rings. The van der Waals surface area contributed by atoms with Crippen LogP contribution in [0.1, 0.15) is 45.6 Å². The van der Waals surface area contributed by atoms with E-state index in [1.807, 2.05) is 26.8 Å². The zero-order valence-electron chi connectivity index (χ0n) is 17.3. The third kappa shape index (κ3) is 6.78. The van der Waals surface area contributed by atoms with E-state index in [1.165, 1.54) is 13.2 Å². The summed E-state index contributed by atoms with van der Waals surface area (Å²) < 4.78 is 18.8. The first-order valence-corrected chi connectivity index (χ1v) is 9.81. The van der Waals surface area contributed by atoms with Gasteiger partial charge in [-0.15, -0.1) is 0 Å². The van der Waals surface area contributed by atoms with E-state index < -0.39 is 5.41 Å². The van der Waals surface area contributed by atoms with E-state index in [1.54, 1.807) is 6.07 Å². The maximum absolute atomic E-state index is 13.8. The van der Waals surface area contributed by atoms with Crippen molar-refractivity contribution in [1.29, 1.82) is 0 Å². The molecule has 0 saturated carbocycles. The Hall–Kier alpha value is -2.15. The lowest BCUT2D eigenvalue weighted by atomic mass is 9.96. The van der Waals surface area contributed by atoms with E-state index in [0.29, 0.717) is 13.1 Å². The second-order valence-corrected chi connectivity index (χ2v) is 8.34. The first kappa shape index (κ1) is 22.1. The van der Waals surface area contributed by atoms with Crippen molar-refractivity contribution in [1.82, 2.24) is 15.5 Å². The maximum atomic E-state index is 13.8. The average Bonchev–Trinajstić information content (AvgIpc) is 2.62. The van der Waals surface area contributed by atoms with Crippen LogP contribution >= 0.6 is 0 Å². The van der Waals surface area contributed by atoms with E-state index in [2.05, 4.69) is 15.5 Å². The number of nitrogens with one attached hydrogen (secondary N) is 2. The summed E-state index contributed by atoms with van der Waals surface area (Å²) in [5, 5.41) is 5.84. The molecule has 7 heteroatoms. The number of nitrogens with zero attached hydrogens (tertiary/aromatic N) is 1. The van der Waals surface area contributed by atoms with Crippen molar-refractivity contribution >= 4 is 11.8 Å². The van der Waals surface area contributed by atoms with Crippen LogP contribution in [-0.2, 0) is 16.1 Å². The van der Waals surface area contributed by atoms with Gasteiger partial charge in [-0.3, -0.25) is 14.5 Å². The Morgan fingerprint density at radius 3 is 2.50 bits per heavy atom. The summed E-state index contributed by atoms with van der Waals surface area (Å²) in [6.45, 7) is 8.26. The number of hydrogen-bond donors (Lipinski definition) is 2. The highest BCUT2D eigenvalue weighted by Gasteiger charge is 2.22. The van der Waals surface area contributed by atoms with Gasteiger partial charge in [-0.25, -0.2) is 4.39 Å². The average molecular weight is 394 g/mol. The van der Waals surface area contributed by atoms with Crippen LogP contribution < -0.4 is 15.4 Å². The summed E-state index contributed by atoms with van der Waals surface area (Å²) in [4.78, 5) is 26.1. The van der Waals surface area contributed by atoms with Crippen LogP contribution in [0.5, 0.6) is 5.75 Å². The summed E-state index contributed by atoms with van der Waals surface area (Å²) in [5.41, 5.74) is 0.464. The molecule has 1 aromatic rings. The smallest absolute Gasteiger partial charge is 0.225 e. The van der Waals surface area contributed by atoms with Crippen molar-refractivity contribution < 1.29 is 18.7 Å². The minimum Gasteiger partial charge on any atom is -0.494 e. The van der Waals surface area contributed by atoms with Crippen molar-refractivity contribution in [2.24, 2.45) is 5.41 Å². The largest absolute Gasteiger partial charge is 0.494 e. The molecule has 1 saturated heterocycles. The zero-order valence-corrected chi connectivity index (χ0v) is 17.3. The minimum absolute atomic E-state index is 0.0371. The summed E-state index contributed by atoms with van der Waals surface area (Å²) in [7, 11) is 1.45. The monoisotopic (exact) mass is 393 g/mol. The molecule has 2 N–H and O–H groups in total. The van der Waals surface area contributed by atoms with Gasteiger partial charge in [0.1, 0.15) is 0 Å². The summed E-state index contributed by atoms with van der Waals surface area (Å²) in [6, 6.07) is 5.19. The van der Waals surface area contributed by atoms with Crippen LogP contribution in [0.3, 0.4) is 0 Å². The van der Waals surface area contributed by atoms with Gasteiger partial charge < -0.3 is 15.4 Å². The van der Waals surface area contributed by atoms with Gasteiger partial charge in [0, 0.05) is 44.1 Å². The number of methoxy groups -OCH3 is 1. The Kier molecular flexibility index (Phi) is 7.80. The molecule has 0 spiro atoms. The second kappa shape index (κ2) is 9.87. The molecular formula is C21H32FN3O3. The van der Waals surface area contributed by atoms with Gasteiger partial charge >= 0.3 is 0 Å². The lowest BCUT2D eigenvalue weighted by Gasteiger charge is -2.32. The molecule has 0 atom stereocenters. The quantitative estimate of drug-likeness (QED) is 0.747. The highest BCUT2D eigenvalue weighted by Crippen LogP contribution is 2.20. The van der Waals surface area contributed by atoms with Crippen LogP contribution in [-0.4, -0.2) is 49.5 Å². The van der Waals surface area contributed by atoms with Gasteiger partial charge in [0.05, 0.1) is 7.11 Å². The fraction of sp³-hybridized carbons (Fsp3) is 0.619. The molecule has 28 heavy (non-hydrogen) atoms. The predicted molar refractivity (Wildman–Crippen MR) is 106 cm³/mol. The Balaban J connectivity index is 1.68. The van der Waals surface area contributed by atoms with Crippen LogP contribution in [0, 0.1) is 11.2 Å². The van der Waals surface area contributed by atoms with Crippen LogP contribution in [0.25, 0.3) is 0 Å². The predicted octanol–water partition coefficient (Wildman–Crippen LogP) is 2.47. The third-order valence-corrected chi connectivity index (χ3v) is 4.89. The summed E-state index contributed by atoms with van der Waals surface area (Å²) in [6.07, 6.45) is 2.00. The van der Waals surface area contributed by atoms with Gasteiger partial charge in [-0.2, -0.15) is 0 Å². The Labute approximate surface area is 166 Å². The second-order valence-electron chi connectivity index (χ2n) is 8.34. The molecule has 156 valence electrons. The number of amides is 2. The number of benzene rings is 1. The van der Waals surface area contributed by atoms with Gasteiger partial charge in [-0.1, -0.05) is 26.8 Å². The summed E-state index contributed by atoms with van der Waals surface area (Å²) in [5.74, 6) is -0.182. The molecule has 6 nitrogen and oxygen atoms in total. The first-order chi connectivity index (χ1) is 13.2. The molecule has 1 aliphatic rings. The molecule has 0 bridgehead atoms. The topological polar surface area (TPSA) is 70.7 Å². The van der Waals surface area contributed by atoms with Crippen molar-refractivity contribution in [3.05, 3.63) is 29.6 Å².